The van der Waals surface area contributed by atoms with E-state index in [4.69, 9.17) is 11.6 Å². The minimum atomic E-state index is -0.976. The fourth-order valence-electron chi connectivity index (χ4n) is 2.07. The van der Waals surface area contributed by atoms with Crippen molar-refractivity contribution in [2.24, 2.45) is 0 Å². The highest BCUT2D eigenvalue weighted by molar-refractivity contribution is 6.34. The third-order valence-electron chi connectivity index (χ3n) is 3.04. The topological polar surface area (TPSA) is 53.4 Å². The number of para-hydroxylation sites is 1. The van der Waals surface area contributed by atoms with Gasteiger partial charge in [-0.05, 0) is 36.8 Å². The molecule has 2 aromatic rings. The third-order valence-corrected chi connectivity index (χ3v) is 3.34. The van der Waals surface area contributed by atoms with E-state index in [1.54, 1.807) is 30.6 Å². The number of pyridine rings is 1. The van der Waals surface area contributed by atoms with Crippen LogP contribution in [-0.2, 0) is 6.54 Å². The van der Waals surface area contributed by atoms with Crippen LogP contribution in [0.1, 0.15) is 22.8 Å². The summed E-state index contributed by atoms with van der Waals surface area (Å²) >= 11 is 6.20. The van der Waals surface area contributed by atoms with Crippen LogP contribution in [0.15, 0.2) is 42.7 Å². The van der Waals surface area contributed by atoms with Crippen molar-refractivity contribution in [1.29, 1.82) is 0 Å². The van der Waals surface area contributed by atoms with Crippen LogP contribution in [0.5, 0.6) is 0 Å². The lowest BCUT2D eigenvalue weighted by molar-refractivity contribution is 0.0697. The quantitative estimate of drug-likeness (QED) is 0.916. The monoisotopic (exact) mass is 290 g/mol. The summed E-state index contributed by atoms with van der Waals surface area (Å²) in [5.41, 5.74) is 1.83. The number of anilines is 1. The summed E-state index contributed by atoms with van der Waals surface area (Å²) in [5.74, 6) is -0.976. The lowest BCUT2D eigenvalue weighted by Crippen LogP contribution is -2.24. The third kappa shape index (κ3) is 3.08. The largest absolute Gasteiger partial charge is 0.478 e. The van der Waals surface area contributed by atoms with Gasteiger partial charge in [-0.15, -0.1) is 0 Å². The van der Waals surface area contributed by atoms with E-state index >= 15 is 0 Å². The Morgan fingerprint density at radius 2 is 2.00 bits per heavy atom. The van der Waals surface area contributed by atoms with E-state index in [1.807, 2.05) is 24.0 Å². The van der Waals surface area contributed by atoms with Gasteiger partial charge in [0.25, 0.3) is 0 Å². The second-order valence-electron chi connectivity index (χ2n) is 4.31. The van der Waals surface area contributed by atoms with Crippen LogP contribution in [0.25, 0.3) is 0 Å². The Morgan fingerprint density at radius 3 is 2.60 bits per heavy atom. The molecule has 2 rings (SSSR count). The highest BCUT2D eigenvalue weighted by atomic mass is 35.5. The molecule has 0 spiro atoms. The number of carbonyl (C=O) groups is 1. The molecule has 1 N–H and O–H groups in total. The van der Waals surface area contributed by atoms with Gasteiger partial charge >= 0.3 is 5.97 Å². The number of aromatic nitrogens is 1. The average molecular weight is 291 g/mol. The lowest BCUT2D eigenvalue weighted by Gasteiger charge is -2.25. The van der Waals surface area contributed by atoms with Gasteiger partial charge in [0.05, 0.1) is 16.3 Å². The molecule has 0 fully saturated rings. The molecule has 0 amide bonds. The van der Waals surface area contributed by atoms with Crippen LogP contribution in [0.3, 0.4) is 0 Å². The van der Waals surface area contributed by atoms with E-state index in [-0.39, 0.29) is 5.56 Å². The predicted molar refractivity (Wildman–Crippen MR) is 79.4 cm³/mol. The second-order valence-corrected chi connectivity index (χ2v) is 4.72. The van der Waals surface area contributed by atoms with Gasteiger partial charge in [-0.1, -0.05) is 17.7 Å². The van der Waals surface area contributed by atoms with Crippen molar-refractivity contribution < 1.29 is 9.90 Å². The molecule has 1 aromatic heterocycles. The zero-order chi connectivity index (χ0) is 14.5. The van der Waals surface area contributed by atoms with Crippen molar-refractivity contribution in [3.8, 4) is 0 Å². The van der Waals surface area contributed by atoms with Crippen molar-refractivity contribution in [3.05, 3.63) is 58.9 Å². The molecule has 0 aliphatic carbocycles. The summed E-state index contributed by atoms with van der Waals surface area (Å²) in [4.78, 5) is 17.3. The van der Waals surface area contributed by atoms with Crippen LogP contribution in [0, 0.1) is 0 Å². The summed E-state index contributed by atoms with van der Waals surface area (Å²) < 4.78 is 0. The van der Waals surface area contributed by atoms with Crippen LogP contribution in [0.2, 0.25) is 5.02 Å². The first kappa shape index (κ1) is 14.3. The fourth-order valence-corrected chi connectivity index (χ4v) is 2.36. The van der Waals surface area contributed by atoms with Crippen molar-refractivity contribution in [2.45, 2.75) is 13.5 Å². The lowest BCUT2D eigenvalue weighted by atomic mass is 10.1. The Morgan fingerprint density at radius 1 is 1.30 bits per heavy atom. The number of benzene rings is 1. The van der Waals surface area contributed by atoms with Crippen LogP contribution < -0.4 is 4.90 Å². The summed E-state index contributed by atoms with van der Waals surface area (Å²) in [6.07, 6.45) is 3.43. The first-order chi connectivity index (χ1) is 9.63. The number of carboxylic acid groups (broad SMARTS) is 1. The first-order valence-electron chi connectivity index (χ1n) is 6.29. The molecule has 0 unspecified atom stereocenters. The van der Waals surface area contributed by atoms with Gasteiger partial charge in [-0.2, -0.15) is 0 Å². The summed E-state index contributed by atoms with van der Waals surface area (Å²) in [6, 6.07) is 8.73. The second kappa shape index (κ2) is 6.39. The average Bonchev–Trinajstić information content (AvgIpc) is 2.46. The Labute approximate surface area is 122 Å². The molecule has 1 heterocycles. The molecule has 0 saturated heterocycles. The van der Waals surface area contributed by atoms with Crippen LogP contribution in [0.4, 0.5) is 5.69 Å². The van der Waals surface area contributed by atoms with Crippen molar-refractivity contribution in [1.82, 2.24) is 4.98 Å². The van der Waals surface area contributed by atoms with Gasteiger partial charge in [-0.25, -0.2) is 4.79 Å². The van der Waals surface area contributed by atoms with E-state index in [1.165, 1.54) is 0 Å². The first-order valence-corrected chi connectivity index (χ1v) is 6.67. The number of rotatable bonds is 5. The zero-order valence-corrected chi connectivity index (χ0v) is 11.8. The van der Waals surface area contributed by atoms with E-state index < -0.39 is 5.97 Å². The molecule has 0 atom stereocenters. The summed E-state index contributed by atoms with van der Waals surface area (Å²) in [5, 5.41) is 9.75. The highest BCUT2D eigenvalue weighted by Gasteiger charge is 2.18. The molecule has 104 valence electrons. The number of carboxylic acids is 1. The number of hydrogen-bond donors (Lipinski definition) is 1. The Kier molecular flexibility index (Phi) is 4.58. The number of aromatic carboxylic acids is 1. The van der Waals surface area contributed by atoms with Gasteiger partial charge in [0.1, 0.15) is 0 Å². The molecule has 0 aliphatic rings. The van der Waals surface area contributed by atoms with E-state index in [2.05, 4.69) is 4.98 Å². The molecule has 4 nitrogen and oxygen atoms in total. The van der Waals surface area contributed by atoms with Crippen molar-refractivity contribution in [3.63, 3.8) is 0 Å². The van der Waals surface area contributed by atoms with Gasteiger partial charge in [0.15, 0.2) is 0 Å². The minimum absolute atomic E-state index is 0.216. The van der Waals surface area contributed by atoms with Gasteiger partial charge in [0, 0.05) is 25.5 Å². The predicted octanol–water partition coefficient (Wildman–Crippen LogP) is 3.46. The van der Waals surface area contributed by atoms with E-state index in [0.717, 1.165) is 5.56 Å². The molecule has 0 aliphatic heterocycles. The normalized spacial score (nSPS) is 10.3. The molecule has 20 heavy (non-hydrogen) atoms. The summed E-state index contributed by atoms with van der Waals surface area (Å²) in [6.45, 7) is 3.21. The maximum absolute atomic E-state index is 11.4. The zero-order valence-electron chi connectivity index (χ0n) is 11.1. The smallest absolute Gasteiger partial charge is 0.337 e. The molecule has 0 saturated carbocycles. The van der Waals surface area contributed by atoms with Crippen molar-refractivity contribution >= 4 is 23.3 Å². The minimum Gasteiger partial charge on any atom is -0.478 e. The van der Waals surface area contributed by atoms with E-state index in [0.29, 0.717) is 23.8 Å². The molecule has 5 heteroatoms. The van der Waals surface area contributed by atoms with Crippen molar-refractivity contribution in [2.75, 3.05) is 11.4 Å². The Hall–Kier alpha value is -2.07. The molecular weight excluding hydrogens is 276 g/mol. The highest BCUT2D eigenvalue weighted by Crippen LogP contribution is 2.31. The number of hydrogen-bond acceptors (Lipinski definition) is 3. The Bertz CT molecular complexity index is 602. The van der Waals surface area contributed by atoms with E-state index in [9.17, 15) is 9.90 Å². The maximum atomic E-state index is 11.4. The standard InChI is InChI=1S/C15H15ClN2O2/c1-2-18(10-11-6-8-17-9-7-11)14-12(15(19)20)4-3-5-13(14)16/h3-9H,2,10H2,1H3,(H,19,20). The van der Waals surface area contributed by atoms with Gasteiger partial charge in [0.2, 0.25) is 0 Å². The SMILES string of the molecule is CCN(Cc1ccncc1)c1c(Cl)cccc1C(=O)O. The van der Waals surface area contributed by atoms with Gasteiger partial charge < -0.3 is 10.0 Å². The number of nitrogens with zero attached hydrogens (tertiary/aromatic N) is 2. The van der Waals surface area contributed by atoms with Crippen LogP contribution >= 0.6 is 11.6 Å². The molecule has 0 radical (unpaired) electrons. The maximum Gasteiger partial charge on any atom is 0.337 e. The summed E-state index contributed by atoms with van der Waals surface area (Å²) in [7, 11) is 0. The number of halogens is 1. The molecular formula is C15H15ClN2O2. The Balaban J connectivity index is 2.39. The fraction of sp³-hybridized carbons (Fsp3) is 0.200. The van der Waals surface area contributed by atoms with Crippen LogP contribution in [-0.4, -0.2) is 22.6 Å². The molecule has 1 aromatic carbocycles. The molecule has 0 bridgehead atoms. The van der Waals surface area contributed by atoms with Gasteiger partial charge in [-0.3, -0.25) is 4.98 Å².